The fourth-order valence-electron chi connectivity index (χ4n) is 2.65. The Morgan fingerprint density at radius 3 is 2.42 bits per heavy atom. The average Bonchev–Trinajstić information content (AvgIpc) is 3.34. The molecule has 1 aliphatic rings. The molecule has 0 radical (unpaired) electrons. The van der Waals surface area contributed by atoms with E-state index < -0.39 is 5.97 Å². The van der Waals surface area contributed by atoms with Crippen molar-refractivity contribution in [2.45, 2.75) is 19.3 Å². The predicted octanol–water partition coefficient (Wildman–Crippen LogP) is 5.47. The number of carbonyl (C=O) groups is 1. The summed E-state index contributed by atoms with van der Waals surface area (Å²) in [5.74, 6) is -0.488. The zero-order valence-electron chi connectivity index (χ0n) is 12.8. The molecule has 124 valence electrons. The van der Waals surface area contributed by atoms with Crippen LogP contribution in [0.5, 0.6) is 0 Å². The molecule has 3 nitrogen and oxygen atoms in total. The molecule has 0 spiro atoms. The Kier molecular flexibility index (Phi) is 4.88. The van der Waals surface area contributed by atoms with Crippen LogP contribution in [0.1, 0.15) is 35.2 Å². The topological polar surface area (TPSA) is 38.7 Å². The van der Waals surface area contributed by atoms with Crippen LogP contribution in [-0.2, 0) is 4.84 Å². The molecule has 1 aliphatic carbocycles. The lowest BCUT2D eigenvalue weighted by atomic mass is 10.1. The van der Waals surface area contributed by atoms with Crippen molar-refractivity contribution in [3.63, 3.8) is 0 Å². The number of hydrogen-bond donors (Lipinski definition) is 0. The highest BCUT2D eigenvalue weighted by molar-refractivity contribution is 6.39. The quantitative estimate of drug-likeness (QED) is 0.409. The Morgan fingerprint density at radius 1 is 1.17 bits per heavy atom. The summed E-state index contributed by atoms with van der Waals surface area (Å²) in [5.41, 5.74) is 1.86. The Bertz CT molecular complexity index is 785. The molecule has 0 aromatic heterocycles. The Morgan fingerprint density at radius 2 is 1.79 bits per heavy atom. The van der Waals surface area contributed by atoms with Gasteiger partial charge in [-0.1, -0.05) is 46.6 Å². The SMILES string of the molecule is CC(=NOC(=O)c1c(Cl)cccc1Cl)[C@H]1C[C@@H]1c1ccc(F)cc1. The second-order valence-electron chi connectivity index (χ2n) is 5.71. The minimum atomic E-state index is -0.691. The number of oxime groups is 1. The van der Waals surface area contributed by atoms with Gasteiger partial charge in [0, 0.05) is 5.92 Å². The standard InChI is InChI=1S/C18H14Cl2FNO2/c1-10(13-9-14(13)11-5-7-12(21)8-6-11)22-24-18(23)17-15(19)3-2-4-16(17)20/h2-8,13-14H,9H2,1H3/t13-,14-/m1/s1. The van der Waals surface area contributed by atoms with Crippen LogP contribution < -0.4 is 0 Å². The van der Waals surface area contributed by atoms with E-state index in [1.807, 2.05) is 0 Å². The normalized spacial score (nSPS) is 19.9. The predicted molar refractivity (Wildman–Crippen MR) is 92.2 cm³/mol. The number of hydrogen-bond acceptors (Lipinski definition) is 3. The van der Waals surface area contributed by atoms with Gasteiger partial charge in [0.1, 0.15) is 5.82 Å². The van der Waals surface area contributed by atoms with E-state index in [0.29, 0.717) is 5.71 Å². The minimum absolute atomic E-state index is 0.100. The van der Waals surface area contributed by atoms with Crippen molar-refractivity contribution in [1.82, 2.24) is 0 Å². The average molecular weight is 366 g/mol. The summed E-state index contributed by atoms with van der Waals surface area (Å²) in [6.07, 6.45) is 0.894. The molecule has 0 bridgehead atoms. The first-order chi connectivity index (χ1) is 11.5. The van der Waals surface area contributed by atoms with Gasteiger partial charge in [-0.25, -0.2) is 9.18 Å². The maximum atomic E-state index is 13.0. The van der Waals surface area contributed by atoms with Gasteiger partial charge >= 0.3 is 5.97 Å². The van der Waals surface area contributed by atoms with Gasteiger partial charge in [-0.3, -0.25) is 0 Å². The van der Waals surface area contributed by atoms with Gasteiger partial charge in [-0.15, -0.1) is 0 Å². The molecule has 0 amide bonds. The van der Waals surface area contributed by atoms with Crippen LogP contribution in [0, 0.1) is 11.7 Å². The highest BCUT2D eigenvalue weighted by atomic mass is 35.5. The summed E-state index contributed by atoms with van der Waals surface area (Å²) >= 11 is 11.9. The maximum absolute atomic E-state index is 13.0. The molecule has 0 unspecified atom stereocenters. The lowest BCUT2D eigenvalue weighted by Gasteiger charge is -2.04. The molecule has 2 aromatic carbocycles. The molecule has 6 heteroatoms. The summed E-state index contributed by atoms with van der Waals surface area (Å²) in [6.45, 7) is 1.80. The number of nitrogens with zero attached hydrogens (tertiary/aromatic N) is 1. The van der Waals surface area contributed by atoms with E-state index in [2.05, 4.69) is 5.16 Å². The second-order valence-corrected chi connectivity index (χ2v) is 6.52. The third-order valence-corrected chi connectivity index (χ3v) is 4.69. The molecule has 0 heterocycles. The zero-order chi connectivity index (χ0) is 17.3. The number of halogens is 3. The van der Waals surface area contributed by atoms with E-state index in [-0.39, 0.29) is 33.3 Å². The molecule has 3 rings (SSSR count). The molecule has 2 aromatic rings. The zero-order valence-corrected chi connectivity index (χ0v) is 14.3. The fourth-order valence-corrected chi connectivity index (χ4v) is 3.21. The third-order valence-electron chi connectivity index (χ3n) is 4.06. The van der Waals surface area contributed by atoms with Crippen LogP contribution in [0.25, 0.3) is 0 Å². The molecule has 0 aliphatic heterocycles. The van der Waals surface area contributed by atoms with Crippen LogP contribution in [-0.4, -0.2) is 11.7 Å². The molecule has 0 saturated heterocycles. The van der Waals surface area contributed by atoms with Gasteiger partial charge in [-0.2, -0.15) is 0 Å². The molecule has 1 fully saturated rings. The van der Waals surface area contributed by atoms with Crippen molar-refractivity contribution in [3.8, 4) is 0 Å². The fraction of sp³-hybridized carbons (Fsp3) is 0.222. The van der Waals surface area contributed by atoms with E-state index in [1.165, 1.54) is 12.1 Å². The van der Waals surface area contributed by atoms with E-state index in [1.54, 1.807) is 37.3 Å². The number of benzene rings is 2. The molecule has 24 heavy (non-hydrogen) atoms. The first-order valence-corrected chi connectivity index (χ1v) is 8.18. The van der Waals surface area contributed by atoms with Gasteiger partial charge in [-0.05, 0) is 49.1 Å². The molecule has 0 N–H and O–H groups in total. The van der Waals surface area contributed by atoms with Gasteiger partial charge in [0.15, 0.2) is 0 Å². The van der Waals surface area contributed by atoms with Crippen LogP contribution in [0.4, 0.5) is 4.39 Å². The van der Waals surface area contributed by atoms with Gasteiger partial charge < -0.3 is 4.84 Å². The van der Waals surface area contributed by atoms with Crippen LogP contribution in [0.15, 0.2) is 47.6 Å². The first kappa shape index (κ1) is 16.9. The summed E-state index contributed by atoms with van der Waals surface area (Å²) < 4.78 is 13.0. The van der Waals surface area contributed by atoms with Crippen LogP contribution in [0.2, 0.25) is 10.0 Å². The van der Waals surface area contributed by atoms with Crippen molar-refractivity contribution in [3.05, 3.63) is 69.5 Å². The Labute approximate surface area is 149 Å². The third kappa shape index (κ3) is 3.60. The van der Waals surface area contributed by atoms with Crippen LogP contribution in [0.3, 0.4) is 0 Å². The van der Waals surface area contributed by atoms with Crippen molar-refractivity contribution in [2.75, 3.05) is 0 Å². The molecule has 2 atom stereocenters. The largest absolute Gasteiger partial charge is 0.368 e. The highest BCUT2D eigenvalue weighted by Gasteiger charge is 2.40. The molecular formula is C18H14Cl2FNO2. The van der Waals surface area contributed by atoms with Crippen molar-refractivity contribution in [2.24, 2.45) is 11.1 Å². The lowest BCUT2D eigenvalue weighted by Crippen LogP contribution is -2.06. The minimum Gasteiger partial charge on any atom is -0.313 e. The Balaban J connectivity index is 1.65. The lowest BCUT2D eigenvalue weighted by molar-refractivity contribution is 0.0515. The van der Waals surface area contributed by atoms with Crippen molar-refractivity contribution >= 4 is 34.9 Å². The maximum Gasteiger partial charge on any atom is 0.368 e. The van der Waals surface area contributed by atoms with E-state index in [4.69, 9.17) is 28.0 Å². The van der Waals surface area contributed by atoms with Gasteiger partial charge in [0.2, 0.25) is 0 Å². The molecule has 1 saturated carbocycles. The van der Waals surface area contributed by atoms with E-state index >= 15 is 0 Å². The van der Waals surface area contributed by atoms with Gasteiger partial charge in [0.25, 0.3) is 0 Å². The summed E-state index contributed by atoms with van der Waals surface area (Å²) in [6, 6.07) is 11.2. The Hall–Kier alpha value is -1.91. The van der Waals surface area contributed by atoms with Crippen molar-refractivity contribution in [1.29, 1.82) is 0 Å². The monoisotopic (exact) mass is 365 g/mol. The second kappa shape index (κ2) is 6.91. The number of carbonyl (C=O) groups excluding carboxylic acids is 1. The first-order valence-electron chi connectivity index (χ1n) is 7.42. The van der Waals surface area contributed by atoms with Crippen molar-refractivity contribution < 1.29 is 14.0 Å². The summed E-state index contributed by atoms with van der Waals surface area (Å²) in [4.78, 5) is 17.1. The molecular weight excluding hydrogens is 352 g/mol. The number of rotatable bonds is 4. The summed E-state index contributed by atoms with van der Waals surface area (Å²) in [5, 5.41) is 4.35. The van der Waals surface area contributed by atoms with E-state index in [9.17, 15) is 9.18 Å². The smallest absolute Gasteiger partial charge is 0.313 e. The van der Waals surface area contributed by atoms with Gasteiger partial charge in [0.05, 0.1) is 21.3 Å². The summed E-state index contributed by atoms with van der Waals surface area (Å²) in [7, 11) is 0. The van der Waals surface area contributed by atoms with E-state index in [0.717, 1.165) is 12.0 Å². The highest BCUT2D eigenvalue weighted by Crippen LogP contribution is 2.48. The van der Waals surface area contributed by atoms with Crippen LogP contribution >= 0.6 is 23.2 Å².